The molecule has 168 valence electrons. The van der Waals surface area contributed by atoms with E-state index in [9.17, 15) is 9.90 Å². The number of aromatic hydroxyl groups is 1. The molecular formula is C24H27N3O3S2. The van der Waals surface area contributed by atoms with Gasteiger partial charge < -0.3 is 10.2 Å². The van der Waals surface area contributed by atoms with Crippen molar-refractivity contribution in [3.05, 3.63) is 64.7 Å². The van der Waals surface area contributed by atoms with Gasteiger partial charge in [-0.05, 0) is 29.5 Å². The minimum Gasteiger partial charge on any atom is -0.506 e. The Kier molecular flexibility index (Phi) is 7.26. The maximum absolute atomic E-state index is 11.1. The van der Waals surface area contributed by atoms with E-state index < -0.39 is 11.9 Å². The zero-order chi connectivity index (χ0) is 23.5. The summed E-state index contributed by atoms with van der Waals surface area (Å²) >= 11 is 5.75. The number of carbonyl (C=O) groups is 1. The minimum absolute atomic E-state index is 0.0702. The van der Waals surface area contributed by atoms with Crippen molar-refractivity contribution in [2.75, 3.05) is 0 Å². The van der Waals surface area contributed by atoms with Crippen molar-refractivity contribution in [2.45, 2.75) is 39.5 Å². The lowest BCUT2D eigenvalue weighted by Gasteiger charge is -2.19. The minimum atomic E-state index is -0.888. The number of nitrogens with zero attached hydrogens (tertiary/aromatic N) is 2. The third-order valence-corrected chi connectivity index (χ3v) is 6.34. The molecule has 0 amide bonds. The fraction of sp³-hybridized carbons (Fsp3) is 0.292. The monoisotopic (exact) mass is 469 g/mol. The average molecular weight is 470 g/mol. The summed E-state index contributed by atoms with van der Waals surface area (Å²) in [7, 11) is 0. The Morgan fingerprint density at radius 2 is 1.94 bits per heavy atom. The second-order valence-corrected chi connectivity index (χ2v) is 9.89. The Balaban J connectivity index is 1.72. The molecule has 0 fully saturated rings. The van der Waals surface area contributed by atoms with E-state index in [1.807, 2.05) is 17.5 Å². The first kappa shape index (κ1) is 23.8. The van der Waals surface area contributed by atoms with Gasteiger partial charge in [0.15, 0.2) is 5.17 Å². The molecule has 1 aliphatic carbocycles. The van der Waals surface area contributed by atoms with Gasteiger partial charge >= 0.3 is 5.97 Å². The van der Waals surface area contributed by atoms with Crippen molar-refractivity contribution in [3.8, 4) is 16.2 Å². The number of thiol groups is 1. The highest BCUT2D eigenvalue weighted by molar-refractivity contribution is 7.96. The number of rotatable bonds is 5. The number of nitrogens with one attached hydrogen (secondary N) is 1. The predicted molar refractivity (Wildman–Crippen MR) is 135 cm³/mol. The van der Waals surface area contributed by atoms with Crippen LogP contribution in [0.25, 0.3) is 10.4 Å². The van der Waals surface area contributed by atoms with Crippen LogP contribution in [0, 0.1) is 5.92 Å². The van der Waals surface area contributed by atoms with E-state index in [0.29, 0.717) is 23.4 Å². The number of benzene rings is 1. The van der Waals surface area contributed by atoms with Crippen LogP contribution < -0.4 is 5.43 Å². The van der Waals surface area contributed by atoms with Gasteiger partial charge in [-0.1, -0.05) is 57.2 Å². The van der Waals surface area contributed by atoms with E-state index in [4.69, 9.17) is 5.11 Å². The summed E-state index contributed by atoms with van der Waals surface area (Å²) < 4.78 is 0. The molecule has 6 nitrogen and oxygen atoms in total. The van der Waals surface area contributed by atoms with Crippen molar-refractivity contribution in [3.63, 3.8) is 0 Å². The van der Waals surface area contributed by atoms with Crippen molar-refractivity contribution in [1.29, 1.82) is 0 Å². The van der Waals surface area contributed by atoms with Crippen LogP contribution in [-0.2, 0) is 10.2 Å². The second kappa shape index (κ2) is 9.75. The van der Waals surface area contributed by atoms with Gasteiger partial charge in [-0.3, -0.25) is 10.2 Å². The molecule has 1 unspecified atom stereocenters. The first-order valence-electron chi connectivity index (χ1n) is 10.2. The topological polar surface area (TPSA) is 94.3 Å². The third-order valence-electron chi connectivity index (χ3n) is 5.12. The number of amidine groups is 1. The van der Waals surface area contributed by atoms with E-state index >= 15 is 0 Å². The van der Waals surface area contributed by atoms with Gasteiger partial charge in [0, 0.05) is 17.5 Å². The highest BCUT2D eigenvalue weighted by Crippen LogP contribution is 2.39. The molecule has 0 aliphatic heterocycles. The number of hydrazone groups is 1. The summed E-state index contributed by atoms with van der Waals surface area (Å²) in [6, 6.07) is 8.22. The first-order valence-corrected chi connectivity index (χ1v) is 11.5. The van der Waals surface area contributed by atoms with E-state index in [1.54, 1.807) is 25.2 Å². The van der Waals surface area contributed by atoms with Gasteiger partial charge in [0.1, 0.15) is 5.75 Å². The van der Waals surface area contributed by atoms with E-state index in [-0.39, 0.29) is 16.3 Å². The molecule has 1 atom stereocenters. The Morgan fingerprint density at radius 3 is 2.56 bits per heavy atom. The lowest BCUT2D eigenvalue weighted by atomic mass is 9.86. The molecule has 0 saturated carbocycles. The molecule has 0 saturated heterocycles. The zero-order valence-corrected chi connectivity index (χ0v) is 20.2. The van der Waals surface area contributed by atoms with E-state index in [2.05, 4.69) is 61.1 Å². The van der Waals surface area contributed by atoms with Gasteiger partial charge in [0.25, 0.3) is 0 Å². The number of carboxylic acids is 1. The SMILES string of the molecule is C/C(=N\N/C(S)=N/C1=CC=CC(C(=O)O)C1)c1csc(-c2ccc(C(C)(C)C)cc2)c1O. The Hall–Kier alpha value is -2.84. The lowest BCUT2D eigenvalue weighted by molar-refractivity contribution is -0.140. The zero-order valence-electron chi connectivity index (χ0n) is 18.5. The van der Waals surface area contributed by atoms with Crippen LogP contribution in [0.5, 0.6) is 5.75 Å². The number of allylic oxidation sites excluding steroid dienone is 3. The molecule has 32 heavy (non-hydrogen) atoms. The number of hydrogen-bond donors (Lipinski definition) is 4. The highest BCUT2D eigenvalue weighted by atomic mass is 32.1. The van der Waals surface area contributed by atoms with E-state index in [0.717, 1.165) is 10.4 Å². The summed E-state index contributed by atoms with van der Waals surface area (Å²) in [5.41, 5.74) is 6.83. The summed E-state index contributed by atoms with van der Waals surface area (Å²) in [6.45, 7) is 8.28. The molecule has 0 bridgehead atoms. The van der Waals surface area contributed by atoms with Gasteiger partial charge in [-0.25, -0.2) is 4.99 Å². The number of aliphatic imine (C=N–C) groups is 1. The van der Waals surface area contributed by atoms with Crippen LogP contribution in [-0.4, -0.2) is 27.1 Å². The molecule has 3 N–H and O–H groups in total. The largest absolute Gasteiger partial charge is 0.506 e. The van der Waals surface area contributed by atoms with Crippen LogP contribution >= 0.6 is 24.0 Å². The number of thiophene rings is 1. The second-order valence-electron chi connectivity index (χ2n) is 8.59. The Labute approximate surface area is 197 Å². The maximum Gasteiger partial charge on any atom is 0.310 e. The van der Waals surface area contributed by atoms with E-state index in [1.165, 1.54) is 16.9 Å². The number of aliphatic carboxylic acids is 1. The Morgan fingerprint density at radius 1 is 1.25 bits per heavy atom. The normalized spacial score (nSPS) is 17.3. The summed E-state index contributed by atoms with van der Waals surface area (Å²) in [5, 5.41) is 26.3. The quantitative estimate of drug-likeness (QED) is 0.199. The summed E-state index contributed by atoms with van der Waals surface area (Å²) in [4.78, 5) is 16.2. The molecule has 3 rings (SSSR count). The Bertz CT molecular complexity index is 1120. The van der Waals surface area contributed by atoms with Crippen LogP contribution in [0.15, 0.2) is 63.7 Å². The molecule has 1 aliphatic rings. The molecule has 0 radical (unpaired) electrons. The molecule has 1 heterocycles. The molecule has 0 spiro atoms. The maximum atomic E-state index is 11.1. The van der Waals surface area contributed by atoms with Gasteiger partial charge in [-0.2, -0.15) is 5.10 Å². The van der Waals surface area contributed by atoms with Crippen LogP contribution in [0.4, 0.5) is 0 Å². The van der Waals surface area contributed by atoms with Gasteiger partial charge in [0.05, 0.1) is 22.1 Å². The third kappa shape index (κ3) is 5.69. The number of hydrogen-bond acceptors (Lipinski definition) is 5. The van der Waals surface area contributed by atoms with Crippen LogP contribution in [0.3, 0.4) is 0 Å². The van der Waals surface area contributed by atoms with Crippen LogP contribution in [0.2, 0.25) is 0 Å². The smallest absolute Gasteiger partial charge is 0.310 e. The standard InChI is InChI=1S/C24H27N3O3S2/c1-14(26-27-23(31)25-18-7-5-6-16(12-18)22(29)30)19-13-32-21(20(19)28)15-8-10-17(11-9-15)24(2,3)4/h5-11,13,16,28H,12H2,1-4H3,(H,29,30)(H2,25,27,31)/b26-14+. The van der Waals surface area contributed by atoms with Gasteiger partial charge in [-0.15, -0.1) is 24.0 Å². The van der Waals surface area contributed by atoms with Crippen molar-refractivity contribution < 1.29 is 15.0 Å². The fourth-order valence-electron chi connectivity index (χ4n) is 3.20. The highest BCUT2D eigenvalue weighted by Gasteiger charge is 2.19. The molecule has 1 aromatic heterocycles. The van der Waals surface area contributed by atoms with Crippen molar-refractivity contribution >= 4 is 40.8 Å². The van der Waals surface area contributed by atoms with Crippen LogP contribution in [0.1, 0.15) is 45.2 Å². The first-order chi connectivity index (χ1) is 15.1. The molecule has 2 aromatic rings. The lowest BCUT2D eigenvalue weighted by Crippen LogP contribution is -2.16. The summed E-state index contributed by atoms with van der Waals surface area (Å²) in [5.74, 6) is -1.30. The van der Waals surface area contributed by atoms with Crippen molar-refractivity contribution in [1.82, 2.24) is 5.43 Å². The van der Waals surface area contributed by atoms with Crippen molar-refractivity contribution in [2.24, 2.45) is 16.0 Å². The van der Waals surface area contributed by atoms with Gasteiger partial charge in [0.2, 0.25) is 0 Å². The molecule has 8 heteroatoms. The molecular weight excluding hydrogens is 442 g/mol. The predicted octanol–water partition coefficient (Wildman–Crippen LogP) is 5.56. The summed E-state index contributed by atoms with van der Waals surface area (Å²) in [6.07, 6.45) is 5.34. The average Bonchev–Trinajstić information content (AvgIpc) is 3.13. The molecule has 1 aromatic carbocycles. The fourth-order valence-corrected chi connectivity index (χ4v) is 4.39. The number of carboxylic acid groups (broad SMARTS) is 1.